The zero-order chi connectivity index (χ0) is 30.8. The molecule has 0 aliphatic rings. The van der Waals surface area contributed by atoms with Crippen molar-refractivity contribution in [1.29, 1.82) is 0 Å². The molecule has 0 fully saturated rings. The van der Waals surface area contributed by atoms with Crippen molar-refractivity contribution < 1.29 is 19.6 Å². The molecule has 1 unspecified atom stereocenters. The number of carboxylic acid groups (broad SMARTS) is 1. The van der Waals surface area contributed by atoms with Gasteiger partial charge in [-0.15, -0.1) is 0 Å². The van der Waals surface area contributed by atoms with E-state index in [1.54, 1.807) is 18.2 Å². The molecular formula is C35H33N3O5. The van der Waals surface area contributed by atoms with Gasteiger partial charge in [-0.2, -0.15) is 0 Å². The van der Waals surface area contributed by atoms with Crippen LogP contribution < -0.4 is 5.32 Å². The van der Waals surface area contributed by atoms with Crippen LogP contribution in [-0.2, 0) is 13.0 Å². The summed E-state index contributed by atoms with van der Waals surface area (Å²) in [7, 11) is 0. The number of benzene rings is 4. The fourth-order valence-corrected chi connectivity index (χ4v) is 5.62. The topological polar surface area (TPSA) is 114 Å². The first kappa shape index (κ1) is 29.3. The number of amides is 1. The van der Waals surface area contributed by atoms with Crippen molar-refractivity contribution in [2.24, 2.45) is 0 Å². The summed E-state index contributed by atoms with van der Waals surface area (Å²) in [5, 5.41) is 24.5. The molecule has 0 saturated carbocycles. The number of aryl methyl sites for hydroxylation is 2. The Hall–Kier alpha value is -5.24. The van der Waals surface area contributed by atoms with E-state index in [0.717, 1.165) is 50.0 Å². The summed E-state index contributed by atoms with van der Waals surface area (Å²) in [6.45, 7) is 8.54. The molecule has 2 N–H and O–H groups in total. The third kappa shape index (κ3) is 5.77. The van der Waals surface area contributed by atoms with E-state index in [1.807, 2.05) is 56.3 Å². The van der Waals surface area contributed by atoms with Gasteiger partial charge in [0.05, 0.1) is 16.5 Å². The second-order valence-corrected chi connectivity index (χ2v) is 10.8. The molecule has 0 saturated heterocycles. The monoisotopic (exact) mass is 575 g/mol. The molecule has 8 nitrogen and oxygen atoms in total. The van der Waals surface area contributed by atoms with E-state index in [1.165, 1.54) is 12.1 Å². The summed E-state index contributed by atoms with van der Waals surface area (Å²) in [6, 6.07) is 25.2. The number of carbonyl (C=O) groups is 2. The Balaban J connectivity index is 1.43. The Morgan fingerprint density at radius 2 is 1.67 bits per heavy atom. The molecule has 0 aliphatic carbocycles. The summed E-state index contributed by atoms with van der Waals surface area (Å²) in [6.07, 6.45) is 0.626. The van der Waals surface area contributed by atoms with Crippen LogP contribution in [0.2, 0.25) is 0 Å². The van der Waals surface area contributed by atoms with Crippen molar-refractivity contribution in [2.45, 2.75) is 46.7 Å². The maximum absolute atomic E-state index is 13.2. The summed E-state index contributed by atoms with van der Waals surface area (Å²) < 4.78 is 2.25. The highest BCUT2D eigenvalue weighted by Gasteiger charge is 2.18. The lowest BCUT2D eigenvalue weighted by Crippen LogP contribution is -2.26. The molecule has 4 aromatic carbocycles. The Bertz CT molecular complexity index is 1870. The number of hydrogen-bond donors (Lipinski definition) is 2. The number of aromatic carboxylic acids is 1. The SMILES string of the molecule is CCc1cc(-c2ccccc2Cn2c(C)c(C)c3cc(C(=O)NC(C)c4ccc([N+](=O)[O-])cc4)ccc32)ccc1C(=O)O. The van der Waals surface area contributed by atoms with Crippen molar-refractivity contribution in [3.8, 4) is 11.1 Å². The Labute approximate surface area is 249 Å². The molecule has 5 rings (SSSR count). The predicted molar refractivity (Wildman–Crippen MR) is 168 cm³/mol. The van der Waals surface area contributed by atoms with Crippen LogP contribution in [0, 0.1) is 24.0 Å². The van der Waals surface area contributed by atoms with Gasteiger partial charge in [0.25, 0.3) is 11.6 Å². The number of nitro groups is 1. The molecule has 0 aliphatic heterocycles. The molecule has 218 valence electrons. The zero-order valence-electron chi connectivity index (χ0n) is 24.5. The van der Waals surface area contributed by atoms with Gasteiger partial charge in [-0.3, -0.25) is 14.9 Å². The molecule has 1 aromatic heterocycles. The third-order valence-electron chi connectivity index (χ3n) is 8.23. The summed E-state index contributed by atoms with van der Waals surface area (Å²) in [5.41, 5.74) is 8.77. The van der Waals surface area contributed by atoms with Crippen LogP contribution in [0.4, 0.5) is 5.69 Å². The number of nitrogens with one attached hydrogen (secondary N) is 1. The van der Waals surface area contributed by atoms with Gasteiger partial charge in [0, 0.05) is 40.8 Å². The maximum atomic E-state index is 13.2. The van der Waals surface area contributed by atoms with Gasteiger partial charge in [-0.25, -0.2) is 4.79 Å². The zero-order valence-corrected chi connectivity index (χ0v) is 24.5. The van der Waals surface area contributed by atoms with Crippen LogP contribution in [0.5, 0.6) is 0 Å². The van der Waals surface area contributed by atoms with E-state index >= 15 is 0 Å². The Morgan fingerprint density at radius 1 is 0.953 bits per heavy atom. The van der Waals surface area contributed by atoms with Crippen molar-refractivity contribution in [2.75, 3.05) is 0 Å². The second-order valence-electron chi connectivity index (χ2n) is 10.8. The lowest BCUT2D eigenvalue weighted by molar-refractivity contribution is -0.384. The summed E-state index contributed by atoms with van der Waals surface area (Å²) in [4.78, 5) is 35.4. The molecular weight excluding hydrogens is 542 g/mol. The van der Waals surface area contributed by atoms with Crippen LogP contribution in [0.15, 0.2) is 84.9 Å². The van der Waals surface area contributed by atoms with E-state index in [2.05, 4.69) is 35.9 Å². The van der Waals surface area contributed by atoms with E-state index < -0.39 is 10.9 Å². The van der Waals surface area contributed by atoms with E-state index in [0.29, 0.717) is 24.1 Å². The van der Waals surface area contributed by atoms with Crippen LogP contribution >= 0.6 is 0 Å². The largest absolute Gasteiger partial charge is 0.478 e. The minimum atomic E-state index is -0.921. The van der Waals surface area contributed by atoms with Crippen LogP contribution in [-0.4, -0.2) is 26.5 Å². The quantitative estimate of drug-likeness (QED) is 0.139. The maximum Gasteiger partial charge on any atom is 0.335 e. The highest BCUT2D eigenvalue weighted by atomic mass is 16.6. The van der Waals surface area contributed by atoms with Crippen LogP contribution in [0.3, 0.4) is 0 Å². The number of non-ortho nitro benzene ring substituents is 1. The summed E-state index contributed by atoms with van der Waals surface area (Å²) in [5.74, 6) is -1.14. The smallest absolute Gasteiger partial charge is 0.335 e. The highest BCUT2D eigenvalue weighted by molar-refractivity contribution is 5.99. The molecule has 1 heterocycles. The minimum Gasteiger partial charge on any atom is -0.478 e. The number of rotatable bonds is 9. The van der Waals surface area contributed by atoms with Crippen LogP contribution in [0.1, 0.15) is 68.6 Å². The van der Waals surface area contributed by atoms with Crippen molar-refractivity contribution in [1.82, 2.24) is 9.88 Å². The number of nitro benzene ring substituents is 1. The van der Waals surface area contributed by atoms with Gasteiger partial charge in [0.15, 0.2) is 0 Å². The molecule has 1 amide bonds. The average Bonchev–Trinajstić information content (AvgIpc) is 3.25. The van der Waals surface area contributed by atoms with Gasteiger partial charge in [-0.05, 0) is 84.8 Å². The Kier molecular flexibility index (Phi) is 8.12. The first-order valence-corrected chi connectivity index (χ1v) is 14.2. The Morgan fingerprint density at radius 3 is 2.35 bits per heavy atom. The fourth-order valence-electron chi connectivity index (χ4n) is 5.62. The molecule has 0 radical (unpaired) electrons. The molecule has 5 aromatic rings. The molecule has 8 heteroatoms. The van der Waals surface area contributed by atoms with Crippen LogP contribution in [0.25, 0.3) is 22.0 Å². The second kappa shape index (κ2) is 11.9. The molecule has 0 spiro atoms. The van der Waals surface area contributed by atoms with E-state index in [9.17, 15) is 24.8 Å². The number of aromatic nitrogens is 1. The average molecular weight is 576 g/mol. The molecule has 0 bridgehead atoms. The van der Waals surface area contributed by atoms with Crippen molar-refractivity contribution >= 4 is 28.5 Å². The van der Waals surface area contributed by atoms with Gasteiger partial charge >= 0.3 is 5.97 Å². The number of fused-ring (bicyclic) bond motifs is 1. The molecule has 1 atom stereocenters. The number of hydrogen-bond acceptors (Lipinski definition) is 4. The van der Waals surface area contributed by atoms with E-state index in [4.69, 9.17) is 0 Å². The van der Waals surface area contributed by atoms with Crippen molar-refractivity contribution in [3.63, 3.8) is 0 Å². The van der Waals surface area contributed by atoms with Gasteiger partial charge in [0.2, 0.25) is 0 Å². The lowest BCUT2D eigenvalue weighted by Gasteiger charge is -2.16. The van der Waals surface area contributed by atoms with Gasteiger partial charge < -0.3 is 15.0 Å². The first-order valence-electron chi connectivity index (χ1n) is 14.2. The standard InChI is InChI=1S/C35H33N3O5/c1-5-24-18-26(12-16-31(24)35(40)41)30-9-7-6-8-28(30)20-37-23(4)21(2)32-19-27(13-17-33(32)37)34(39)36-22(3)25-10-14-29(15-11-25)38(42)43/h6-19,22H,5,20H2,1-4H3,(H,36,39)(H,40,41). The normalized spacial score (nSPS) is 11.8. The summed E-state index contributed by atoms with van der Waals surface area (Å²) >= 11 is 0. The number of carbonyl (C=O) groups excluding carboxylic acids is 1. The predicted octanol–water partition coefficient (Wildman–Crippen LogP) is 7.63. The highest BCUT2D eigenvalue weighted by Crippen LogP contribution is 2.31. The van der Waals surface area contributed by atoms with Gasteiger partial charge in [0.1, 0.15) is 0 Å². The lowest BCUT2D eigenvalue weighted by atomic mass is 9.94. The third-order valence-corrected chi connectivity index (χ3v) is 8.23. The van der Waals surface area contributed by atoms with Crippen molar-refractivity contribution in [3.05, 3.63) is 134 Å². The van der Waals surface area contributed by atoms with Gasteiger partial charge in [-0.1, -0.05) is 55.5 Å². The number of nitrogens with zero attached hydrogens (tertiary/aromatic N) is 2. The first-order chi connectivity index (χ1) is 20.6. The fraction of sp³-hybridized carbons (Fsp3) is 0.200. The van der Waals surface area contributed by atoms with E-state index in [-0.39, 0.29) is 17.6 Å². The number of carboxylic acids is 1. The minimum absolute atomic E-state index is 0.00695. The molecule has 43 heavy (non-hydrogen) atoms.